The van der Waals surface area contributed by atoms with Gasteiger partial charge in [0, 0.05) is 25.2 Å². The molecule has 0 fully saturated rings. The first kappa shape index (κ1) is 10.9. The molecule has 0 aliphatic rings. The predicted molar refractivity (Wildman–Crippen MR) is 66.5 cm³/mol. The van der Waals surface area contributed by atoms with E-state index in [1.54, 1.807) is 11.6 Å². The molecule has 1 heterocycles. The van der Waals surface area contributed by atoms with Gasteiger partial charge in [-0.15, -0.1) is 0 Å². The number of aryl methyl sites for hydroxylation is 2. The first-order chi connectivity index (χ1) is 7.69. The molecule has 2 rings (SSSR count). The molecule has 3 nitrogen and oxygen atoms in total. The average Bonchev–Trinajstić information content (AvgIpc) is 2.32. The predicted octanol–water partition coefficient (Wildman–Crippen LogP) is 1.56. The zero-order chi connectivity index (χ0) is 11.7. The second-order valence-electron chi connectivity index (χ2n) is 3.97. The standard InChI is InChI=1S/C13H16N2O/c1-3-9-8-15(2)13(16)11-6-4-5-10(7-14)12(9)11/h4-6,8H,3,7,14H2,1-2H3. The van der Waals surface area contributed by atoms with Gasteiger partial charge in [0.25, 0.3) is 5.56 Å². The lowest BCUT2D eigenvalue weighted by molar-refractivity contribution is 0.856. The monoisotopic (exact) mass is 216 g/mol. The van der Waals surface area contributed by atoms with E-state index in [2.05, 4.69) is 6.92 Å². The highest BCUT2D eigenvalue weighted by atomic mass is 16.1. The molecule has 0 aliphatic heterocycles. The van der Waals surface area contributed by atoms with Crippen LogP contribution >= 0.6 is 0 Å². The van der Waals surface area contributed by atoms with Gasteiger partial charge < -0.3 is 10.3 Å². The van der Waals surface area contributed by atoms with Gasteiger partial charge in [0.05, 0.1) is 0 Å². The summed E-state index contributed by atoms with van der Waals surface area (Å²) >= 11 is 0. The molecule has 16 heavy (non-hydrogen) atoms. The lowest BCUT2D eigenvalue weighted by Gasteiger charge is -2.10. The lowest BCUT2D eigenvalue weighted by Crippen LogP contribution is -2.18. The zero-order valence-electron chi connectivity index (χ0n) is 9.66. The van der Waals surface area contributed by atoms with Crippen LogP contribution in [0.1, 0.15) is 18.1 Å². The summed E-state index contributed by atoms with van der Waals surface area (Å²) in [6.07, 6.45) is 2.81. The Labute approximate surface area is 94.5 Å². The summed E-state index contributed by atoms with van der Waals surface area (Å²) in [7, 11) is 1.79. The number of benzene rings is 1. The van der Waals surface area contributed by atoms with Crippen LogP contribution in [0.2, 0.25) is 0 Å². The van der Waals surface area contributed by atoms with Crippen molar-refractivity contribution in [3.8, 4) is 0 Å². The molecule has 0 atom stereocenters. The van der Waals surface area contributed by atoms with Crippen molar-refractivity contribution in [2.45, 2.75) is 19.9 Å². The van der Waals surface area contributed by atoms with E-state index in [0.29, 0.717) is 6.54 Å². The van der Waals surface area contributed by atoms with Gasteiger partial charge in [-0.3, -0.25) is 4.79 Å². The Morgan fingerprint density at radius 2 is 2.06 bits per heavy atom. The fourth-order valence-electron chi connectivity index (χ4n) is 2.14. The normalized spacial score (nSPS) is 10.9. The quantitative estimate of drug-likeness (QED) is 0.828. The fourth-order valence-corrected chi connectivity index (χ4v) is 2.14. The molecule has 2 N–H and O–H groups in total. The van der Waals surface area contributed by atoms with Gasteiger partial charge in [0.1, 0.15) is 0 Å². The van der Waals surface area contributed by atoms with Crippen LogP contribution in [0.4, 0.5) is 0 Å². The third-order valence-corrected chi connectivity index (χ3v) is 2.97. The third kappa shape index (κ3) is 1.53. The third-order valence-electron chi connectivity index (χ3n) is 2.97. The van der Waals surface area contributed by atoms with Crippen molar-refractivity contribution in [1.82, 2.24) is 4.57 Å². The summed E-state index contributed by atoms with van der Waals surface area (Å²) < 4.78 is 1.64. The van der Waals surface area contributed by atoms with Gasteiger partial charge >= 0.3 is 0 Å². The van der Waals surface area contributed by atoms with Gasteiger partial charge in [-0.25, -0.2) is 0 Å². The van der Waals surface area contributed by atoms with Crippen LogP contribution in [0.15, 0.2) is 29.2 Å². The molecule has 2 aromatic rings. The smallest absolute Gasteiger partial charge is 0.258 e. The van der Waals surface area contributed by atoms with Crippen molar-refractivity contribution in [2.24, 2.45) is 12.8 Å². The largest absolute Gasteiger partial charge is 0.326 e. The van der Waals surface area contributed by atoms with Crippen LogP contribution < -0.4 is 11.3 Å². The summed E-state index contributed by atoms with van der Waals surface area (Å²) in [6, 6.07) is 5.75. The van der Waals surface area contributed by atoms with Gasteiger partial charge in [0.2, 0.25) is 0 Å². The highest BCUT2D eigenvalue weighted by molar-refractivity contribution is 5.88. The maximum atomic E-state index is 12.0. The molecule has 0 saturated heterocycles. The number of aromatic nitrogens is 1. The van der Waals surface area contributed by atoms with E-state index in [0.717, 1.165) is 22.8 Å². The minimum Gasteiger partial charge on any atom is -0.326 e. The van der Waals surface area contributed by atoms with Crippen molar-refractivity contribution in [3.63, 3.8) is 0 Å². The second kappa shape index (κ2) is 4.10. The Morgan fingerprint density at radius 3 is 2.69 bits per heavy atom. The SMILES string of the molecule is CCc1cn(C)c(=O)c2cccc(CN)c12. The van der Waals surface area contributed by atoms with Crippen LogP contribution in [-0.2, 0) is 20.0 Å². The molecule has 1 aromatic carbocycles. The first-order valence-electron chi connectivity index (χ1n) is 5.49. The summed E-state index contributed by atoms with van der Waals surface area (Å²) in [4.78, 5) is 12.0. The topological polar surface area (TPSA) is 48.0 Å². The molecule has 0 bridgehead atoms. The Morgan fingerprint density at radius 1 is 1.31 bits per heavy atom. The van der Waals surface area contributed by atoms with Gasteiger partial charge in [-0.1, -0.05) is 19.1 Å². The van der Waals surface area contributed by atoms with Crippen LogP contribution in [0.25, 0.3) is 10.8 Å². The number of nitrogens with zero attached hydrogens (tertiary/aromatic N) is 1. The van der Waals surface area contributed by atoms with Crippen molar-refractivity contribution in [1.29, 1.82) is 0 Å². The summed E-state index contributed by atoms with van der Waals surface area (Å²) in [5.74, 6) is 0. The van der Waals surface area contributed by atoms with Crippen LogP contribution in [0, 0.1) is 0 Å². The first-order valence-corrected chi connectivity index (χ1v) is 5.49. The maximum Gasteiger partial charge on any atom is 0.258 e. The summed E-state index contributed by atoms with van der Waals surface area (Å²) in [5.41, 5.74) is 7.99. The van der Waals surface area contributed by atoms with Crippen molar-refractivity contribution >= 4 is 10.8 Å². The Hall–Kier alpha value is -1.61. The molecule has 0 saturated carbocycles. The van der Waals surface area contributed by atoms with E-state index < -0.39 is 0 Å². The molecule has 1 aromatic heterocycles. The molecule has 0 aliphatic carbocycles. The second-order valence-corrected chi connectivity index (χ2v) is 3.97. The molecular formula is C13H16N2O. The number of nitrogens with two attached hydrogens (primary N) is 1. The van der Waals surface area contributed by atoms with E-state index in [1.165, 1.54) is 5.56 Å². The number of fused-ring (bicyclic) bond motifs is 1. The Bertz CT molecular complexity index is 584. The van der Waals surface area contributed by atoms with Crippen LogP contribution in [-0.4, -0.2) is 4.57 Å². The van der Waals surface area contributed by atoms with E-state index in [1.807, 2.05) is 24.4 Å². The Kier molecular flexibility index (Phi) is 2.79. The van der Waals surface area contributed by atoms with E-state index in [9.17, 15) is 4.79 Å². The van der Waals surface area contributed by atoms with E-state index in [4.69, 9.17) is 5.73 Å². The zero-order valence-corrected chi connectivity index (χ0v) is 9.66. The molecule has 84 valence electrons. The molecule has 0 unspecified atom stereocenters. The molecule has 0 radical (unpaired) electrons. The van der Waals surface area contributed by atoms with Crippen molar-refractivity contribution in [2.75, 3.05) is 0 Å². The number of hydrogen-bond donors (Lipinski definition) is 1. The lowest BCUT2D eigenvalue weighted by atomic mass is 10.00. The fraction of sp³-hybridized carbons (Fsp3) is 0.308. The molecular weight excluding hydrogens is 200 g/mol. The van der Waals surface area contributed by atoms with E-state index in [-0.39, 0.29) is 5.56 Å². The average molecular weight is 216 g/mol. The molecule has 3 heteroatoms. The minimum atomic E-state index is 0.0440. The number of pyridine rings is 1. The highest BCUT2D eigenvalue weighted by Crippen LogP contribution is 2.20. The highest BCUT2D eigenvalue weighted by Gasteiger charge is 2.08. The van der Waals surface area contributed by atoms with Crippen molar-refractivity contribution < 1.29 is 0 Å². The van der Waals surface area contributed by atoms with Gasteiger partial charge in [-0.05, 0) is 29.0 Å². The molecule has 0 amide bonds. The van der Waals surface area contributed by atoms with Gasteiger partial charge in [0.15, 0.2) is 0 Å². The van der Waals surface area contributed by atoms with E-state index >= 15 is 0 Å². The van der Waals surface area contributed by atoms with Crippen LogP contribution in [0.5, 0.6) is 0 Å². The summed E-state index contributed by atoms with van der Waals surface area (Å²) in [6.45, 7) is 2.56. The minimum absolute atomic E-state index is 0.0440. The number of rotatable bonds is 2. The van der Waals surface area contributed by atoms with Crippen molar-refractivity contribution in [3.05, 3.63) is 45.9 Å². The maximum absolute atomic E-state index is 12.0. The Balaban J connectivity index is 2.99. The van der Waals surface area contributed by atoms with Crippen LogP contribution in [0.3, 0.4) is 0 Å². The number of hydrogen-bond acceptors (Lipinski definition) is 2. The molecule has 0 spiro atoms. The van der Waals surface area contributed by atoms with Gasteiger partial charge in [-0.2, -0.15) is 0 Å². The summed E-state index contributed by atoms with van der Waals surface area (Å²) in [5, 5.41) is 1.81.